The molecule has 0 spiro atoms. The Bertz CT molecular complexity index is 1050. The number of methoxy groups -OCH3 is 1. The number of aromatic nitrogens is 2. The summed E-state index contributed by atoms with van der Waals surface area (Å²) >= 11 is 0. The lowest BCUT2D eigenvalue weighted by atomic mass is 10.1. The quantitative estimate of drug-likeness (QED) is 0.578. The zero-order valence-corrected chi connectivity index (χ0v) is 17.6. The van der Waals surface area contributed by atoms with Gasteiger partial charge in [0.2, 0.25) is 0 Å². The molecule has 0 saturated carbocycles. The van der Waals surface area contributed by atoms with Gasteiger partial charge < -0.3 is 9.64 Å². The predicted molar refractivity (Wildman–Crippen MR) is 116 cm³/mol. The number of carbonyl (C=O) groups is 1. The third-order valence-electron chi connectivity index (χ3n) is 5.55. The van der Waals surface area contributed by atoms with Crippen molar-refractivity contribution in [2.24, 2.45) is 5.92 Å². The van der Waals surface area contributed by atoms with Crippen molar-refractivity contribution in [3.05, 3.63) is 54.5 Å². The fraction of sp³-hybridized carbons (Fsp3) is 0.391. The predicted octanol–water partition coefficient (Wildman–Crippen LogP) is 4.47. The molecule has 158 valence electrons. The highest BCUT2D eigenvalue weighted by Gasteiger charge is 2.32. The molecule has 1 atom stereocenters. The molecule has 1 aliphatic rings. The highest BCUT2D eigenvalue weighted by molar-refractivity contribution is 6.03. The van der Waals surface area contributed by atoms with Gasteiger partial charge in [-0.05, 0) is 36.6 Å². The van der Waals surface area contributed by atoms with Crippen molar-refractivity contribution >= 4 is 22.6 Å². The van der Waals surface area contributed by atoms with E-state index in [1.807, 2.05) is 23.1 Å². The zero-order valence-electron chi connectivity index (χ0n) is 17.6. The van der Waals surface area contributed by atoms with Crippen molar-refractivity contribution in [2.45, 2.75) is 26.4 Å². The minimum atomic E-state index is -0.341. The van der Waals surface area contributed by atoms with Gasteiger partial charge in [0.1, 0.15) is 11.5 Å². The summed E-state index contributed by atoms with van der Waals surface area (Å²) in [6.07, 6.45) is 2.63. The maximum atomic E-state index is 14.3. The first-order valence-electron chi connectivity index (χ1n) is 10.3. The molecule has 1 aliphatic heterocycles. The standard InChI is InChI=1S/C23H27FN4O2/c1-16(2)13-17(30-3)15-26-11-12-27(23(26)29)20-9-6-10-21-18(20)14-25-28(21)22-8-5-4-7-19(22)24/h4-10,14,16-17H,11-13,15H2,1-3H3/t17-/m0/s1. The van der Waals surface area contributed by atoms with Crippen LogP contribution < -0.4 is 4.90 Å². The van der Waals surface area contributed by atoms with Crippen LogP contribution in [-0.4, -0.2) is 53.6 Å². The summed E-state index contributed by atoms with van der Waals surface area (Å²) < 4.78 is 21.5. The Morgan fingerprint density at radius 3 is 2.60 bits per heavy atom. The van der Waals surface area contributed by atoms with Crippen molar-refractivity contribution in [1.82, 2.24) is 14.7 Å². The van der Waals surface area contributed by atoms with Crippen molar-refractivity contribution in [3.63, 3.8) is 0 Å². The number of nitrogens with zero attached hydrogens (tertiary/aromatic N) is 4. The lowest BCUT2D eigenvalue weighted by Gasteiger charge is -2.24. The van der Waals surface area contributed by atoms with Gasteiger partial charge in [0.15, 0.2) is 0 Å². The summed E-state index contributed by atoms with van der Waals surface area (Å²) in [6.45, 7) is 6.13. The molecule has 30 heavy (non-hydrogen) atoms. The molecule has 0 radical (unpaired) electrons. The van der Waals surface area contributed by atoms with Crippen LogP contribution in [0.5, 0.6) is 0 Å². The number of urea groups is 1. The molecule has 0 unspecified atom stereocenters. The summed E-state index contributed by atoms with van der Waals surface area (Å²) in [5.41, 5.74) is 1.94. The van der Waals surface area contributed by atoms with Crippen molar-refractivity contribution in [1.29, 1.82) is 0 Å². The molecule has 2 amide bonds. The van der Waals surface area contributed by atoms with Gasteiger partial charge in [0, 0.05) is 32.1 Å². The molecule has 6 nitrogen and oxygen atoms in total. The normalized spacial score (nSPS) is 15.6. The summed E-state index contributed by atoms with van der Waals surface area (Å²) in [5.74, 6) is 0.161. The fourth-order valence-electron chi connectivity index (χ4n) is 4.08. The molecular weight excluding hydrogens is 383 g/mol. The van der Waals surface area contributed by atoms with Crippen LogP contribution in [0.3, 0.4) is 0 Å². The van der Waals surface area contributed by atoms with E-state index in [-0.39, 0.29) is 18.0 Å². The number of hydrogen-bond acceptors (Lipinski definition) is 3. The largest absolute Gasteiger partial charge is 0.380 e. The topological polar surface area (TPSA) is 50.6 Å². The summed E-state index contributed by atoms with van der Waals surface area (Å²) in [7, 11) is 1.70. The average molecular weight is 410 g/mol. The van der Waals surface area contributed by atoms with Gasteiger partial charge in [-0.1, -0.05) is 32.0 Å². The number of anilines is 1. The van der Waals surface area contributed by atoms with Gasteiger partial charge >= 0.3 is 6.03 Å². The molecule has 2 aromatic carbocycles. The number of halogens is 1. The summed E-state index contributed by atoms with van der Waals surface area (Å²) in [4.78, 5) is 16.7. The van der Waals surface area contributed by atoms with E-state index < -0.39 is 0 Å². The van der Waals surface area contributed by atoms with Crippen molar-refractivity contribution in [2.75, 3.05) is 31.6 Å². The Hall–Kier alpha value is -2.93. The average Bonchev–Trinajstić information content (AvgIpc) is 3.31. The number of rotatable bonds is 7. The van der Waals surface area contributed by atoms with Gasteiger partial charge in [-0.15, -0.1) is 0 Å². The molecule has 3 aromatic rings. The molecular formula is C23H27FN4O2. The molecule has 2 heterocycles. The maximum absolute atomic E-state index is 14.3. The van der Waals surface area contributed by atoms with Crippen molar-refractivity contribution in [3.8, 4) is 5.69 Å². The van der Waals surface area contributed by atoms with Crippen LogP contribution in [0.25, 0.3) is 16.6 Å². The number of ether oxygens (including phenoxy) is 1. The van der Waals surface area contributed by atoms with Crippen LogP contribution in [0, 0.1) is 11.7 Å². The van der Waals surface area contributed by atoms with Crippen LogP contribution in [0.15, 0.2) is 48.7 Å². The van der Waals surface area contributed by atoms with Crippen LogP contribution in [0.1, 0.15) is 20.3 Å². The lowest BCUT2D eigenvalue weighted by Crippen LogP contribution is -2.38. The highest BCUT2D eigenvalue weighted by atomic mass is 19.1. The first kappa shape index (κ1) is 20.3. The van der Waals surface area contributed by atoms with E-state index in [1.165, 1.54) is 6.07 Å². The molecule has 1 fully saturated rings. The van der Waals surface area contributed by atoms with E-state index >= 15 is 0 Å². The minimum Gasteiger partial charge on any atom is -0.380 e. The third-order valence-corrected chi connectivity index (χ3v) is 5.55. The minimum absolute atomic E-state index is 0.0218. The van der Waals surface area contributed by atoms with E-state index in [0.29, 0.717) is 31.2 Å². The number of para-hydroxylation sites is 1. The smallest absolute Gasteiger partial charge is 0.324 e. The number of benzene rings is 2. The SMILES string of the molecule is CO[C@@H](CC(C)C)CN1CCN(c2cccc3c2cnn3-c2ccccc2F)C1=O. The van der Waals surface area contributed by atoms with E-state index in [1.54, 1.807) is 41.1 Å². The second-order valence-electron chi connectivity index (χ2n) is 8.09. The Labute approximate surface area is 175 Å². The van der Waals surface area contributed by atoms with Gasteiger partial charge in [0.25, 0.3) is 0 Å². The molecule has 1 aromatic heterocycles. The van der Waals surface area contributed by atoms with Gasteiger partial charge in [-0.2, -0.15) is 5.10 Å². The maximum Gasteiger partial charge on any atom is 0.324 e. The molecule has 0 aliphatic carbocycles. The van der Waals surface area contributed by atoms with Crippen LogP contribution >= 0.6 is 0 Å². The first-order valence-corrected chi connectivity index (χ1v) is 10.3. The third kappa shape index (κ3) is 3.77. The van der Waals surface area contributed by atoms with Gasteiger partial charge in [0.05, 0.1) is 23.5 Å². The monoisotopic (exact) mass is 410 g/mol. The van der Waals surface area contributed by atoms with E-state index in [2.05, 4.69) is 18.9 Å². The summed E-state index contributed by atoms with van der Waals surface area (Å²) in [6, 6.07) is 12.2. The molecule has 0 bridgehead atoms. The second-order valence-corrected chi connectivity index (χ2v) is 8.09. The highest BCUT2D eigenvalue weighted by Crippen LogP contribution is 2.31. The van der Waals surface area contributed by atoms with E-state index in [4.69, 9.17) is 4.74 Å². The summed E-state index contributed by atoms with van der Waals surface area (Å²) in [5, 5.41) is 5.22. The Balaban J connectivity index is 1.61. The Morgan fingerprint density at radius 1 is 1.10 bits per heavy atom. The molecule has 0 N–H and O–H groups in total. The van der Waals surface area contributed by atoms with E-state index in [9.17, 15) is 9.18 Å². The Morgan fingerprint density at radius 2 is 1.87 bits per heavy atom. The lowest BCUT2D eigenvalue weighted by molar-refractivity contribution is 0.0628. The first-order chi connectivity index (χ1) is 14.5. The van der Waals surface area contributed by atoms with Crippen molar-refractivity contribution < 1.29 is 13.9 Å². The van der Waals surface area contributed by atoms with Crippen LogP contribution in [0.4, 0.5) is 14.9 Å². The fourth-order valence-corrected chi connectivity index (χ4v) is 4.08. The van der Waals surface area contributed by atoms with Crippen LogP contribution in [0.2, 0.25) is 0 Å². The zero-order chi connectivity index (χ0) is 21.3. The number of hydrogen-bond donors (Lipinski definition) is 0. The second kappa shape index (κ2) is 8.44. The molecule has 1 saturated heterocycles. The number of amides is 2. The van der Waals surface area contributed by atoms with Crippen LogP contribution in [-0.2, 0) is 4.74 Å². The number of fused-ring (bicyclic) bond motifs is 1. The molecule has 4 rings (SSSR count). The van der Waals surface area contributed by atoms with Gasteiger partial charge in [-0.3, -0.25) is 4.90 Å². The Kier molecular flexibility index (Phi) is 5.72. The van der Waals surface area contributed by atoms with E-state index in [0.717, 1.165) is 23.0 Å². The molecule has 7 heteroatoms. The number of carbonyl (C=O) groups excluding carboxylic acids is 1. The van der Waals surface area contributed by atoms with Gasteiger partial charge in [-0.25, -0.2) is 13.9 Å².